The van der Waals surface area contributed by atoms with Crippen LogP contribution in [0.3, 0.4) is 0 Å². The van der Waals surface area contributed by atoms with Gasteiger partial charge in [0.2, 0.25) is 0 Å². The summed E-state index contributed by atoms with van der Waals surface area (Å²) in [6, 6.07) is 0. The average molecular weight is 240 g/mol. The van der Waals surface area contributed by atoms with E-state index >= 15 is 0 Å². The number of aliphatic hydroxyl groups excluding tert-OH is 1. The molecule has 1 unspecified atom stereocenters. The first-order valence-corrected chi connectivity index (χ1v) is 6.66. The van der Waals surface area contributed by atoms with Crippen LogP contribution in [0, 0.1) is 0 Å². The number of hydrogen-bond acceptors (Lipinski definition) is 5. The molecule has 1 aromatic rings. The molecule has 1 N–H and O–H groups in total. The molecular formula is C11H16N2O2S. The highest BCUT2D eigenvalue weighted by Crippen LogP contribution is 2.37. The second-order valence-corrected chi connectivity index (χ2v) is 5.32. The number of aliphatic hydroxyl groups is 1. The molecule has 1 aliphatic carbocycles. The molecular weight excluding hydrogens is 224 g/mol. The SMILES string of the molecule is OC1CCCc2nc(N3CCOCC3)sc21. The molecule has 1 saturated heterocycles. The van der Waals surface area contributed by atoms with Crippen LogP contribution in [0.5, 0.6) is 0 Å². The second-order valence-electron chi connectivity index (χ2n) is 4.31. The van der Waals surface area contributed by atoms with Gasteiger partial charge in [-0.1, -0.05) is 11.3 Å². The first-order valence-electron chi connectivity index (χ1n) is 5.85. The highest BCUT2D eigenvalue weighted by molar-refractivity contribution is 7.15. The van der Waals surface area contributed by atoms with Crippen LogP contribution in [0.15, 0.2) is 0 Å². The molecule has 0 amide bonds. The van der Waals surface area contributed by atoms with Crippen molar-refractivity contribution in [1.82, 2.24) is 4.98 Å². The number of rotatable bonds is 1. The summed E-state index contributed by atoms with van der Waals surface area (Å²) in [4.78, 5) is 8.01. The van der Waals surface area contributed by atoms with Gasteiger partial charge in [-0.05, 0) is 19.3 Å². The maximum Gasteiger partial charge on any atom is 0.186 e. The molecule has 2 aliphatic rings. The highest BCUT2D eigenvalue weighted by Gasteiger charge is 2.25. The molecule has 0 radical (unpaired) electrons. The lowest BCUT2D eigenvalue weighted by Crippen LogP contribution is -2.36. The van der Waals surface area contributed by atoms with E-state index in [1.54, 1.807) is 11.3 Å². The van der Waals surface area contributed by atoms with Gasteiger partial charge in [0, 0.05) is 13.1 Å². The molecule has 16 heavy (non-hydrogen) atoms. The van der Waals surface area contributed by atoms with Crippen molar-refractivity contribution >= 4 is 16.5 Å². The Bertz CT molecular complexity index is 374. The molecule has 1 aromatic heterocycles. The molecule has 1 fully saturated rings. The van der Waals surface area contributed by atoms with Crippen LogP contribution < -0.4 is 4.90 Å². The lowest BCUT2D eigenvalue weighted by molar-refractivity contribution is 0.122. The second kappa shape index (κ2) is 4.31. The van der Waals surface area contributed by atoms with Crippen LogP contribution in [0.1, 0.15) is 29.5 Å². The van der Waals surface area contributed by atoms with Gasteiger partial charge < -0.3 is 14.7 Å². The topological polar surface area (TPSA) is 45.6 Å². The number of aromatic nitrogens is 1. The predicted octanol–water partition coefficient (Wildman–Crippen LogP) is 1.35. The molecule has 0 aromatic carbocycles. The number of ether oxygens (including phenoxy) is 1. The fraction of sp³-hybridized carbons (Fsp3) is 0.727. The summed E-state index contributed by atoms with van der Waals surface area (Å²) >= 11 is 1.66. The van der Waals surface area contributed by atoms with E-state index in [1.807, 2.05) is 0 Å². The number of fused-ring (bicyclic) bond motifs is 1. The third-order valence-corrected chi connectivity index (χ3v) is 4.45. The number of anilines is 1. The summed E-state index contributed by atoms with van der Waals surface area (Å²) in [7, 11) is 0. The van der Waals surface area contributed by atoms with Crippen LogP contribution in [-0.4, -0.2) is 36.4 Å². The normalized spacial score (nSPS) is 25.6. The van der Waals surface area contributed by atoms with Gasteiger partial charge >= 0.3 is 0 Å². The Labute approximate surface area is 98.9 Å². The van der Waals surface area contributed by atoms with Crippen LogP contribution in [-0.2, 0) is 11.2 Å². The fourth-order valence-corrected chi connectivity index (χ4v) is 3.46. The molecule has 1 aliphatic heterocycles. The Morgan fingerprint density at radius 1 is 1.38 bits per heavy atom. The number of aryl methyl sites for hydroxylation is 1. The largest absolute Gasteiger partial charge is 0.388 e. The van der Waals surface area contributed by atoms with E-state index in [0.717, 1.165) is 61.3 Å². The Morgan fingerprint density at radius 2 is 2.19 bits per heavy atom. The first kappa shape index (κ1) is 10.5. The average Bonchev–Trinajstić information content (AvgIpc) is 2.76. The van der Waals surface area contributed by atoms with Gasteiger partial charge in [0.25, 0.3) is 0 Å². The van der Waals surface area contributed by atoms with E-state index in [0.29, 0.717) is 0 Å². The molecule has 88 valence electrons. The zero-order valence-electron chi connectivity index (χ0n) is 9.19. The van der Waals surface area contributed by atoms with E-state index in [2.05, 4.69) is 9.88 Å². The summed E-state index contributed by atoms with van der Waals surface area (Å²) in [5, 5.41) is 11.0. The summed E-state index contributed by atoms with van der Waals surface area (Å²) in [5.74, 6) is 0. The van der Waals surface area contributed by atoms with Crippen LogP contribution in [0.2, 0.25) is 0 Å². The molecule has 0 saturated carbocycles. The standard InChI is InChI=1S/C11H16N2O2S/c14-9-3-1-2-8-10(9)16-11(12-8)13-4-6-15-7-5-13/h9,14H,1-7H2. The molecule has 3 rings (SSSR count). The summed E-state index contributed by atoms with van der Waals surface area (Å²) < 4.78 is 5.33. The molecule has 5 heteroatoms. The van der Waals surface area contributed by atoms with Gasteiger partial charge in [-0.2, -0.15) is 0 Å². The fourth-order valence-electron chi connectivity index (χ4n) is 2.27. The minimum Gasteiger partial charge on any atom is -0.388 e. The van der Waals surface area contributed by atoms with Gasteiger partial charge in [-0.15, -0.1) is 0 Å². The first-order chi connectivity index (χ1) is 7.84. The smallest absolute Gasteiger partial charge is 0.186 e. The van der Waals surface area contributed by atoms with Gasteiger partial charge in [0.05, 0.1) is 29.9 Å². The van der Waals surface area contributed by atoms with Gasteiger partial charge in [0.1, 0.15) is 0 Å². The lowest BCUT2D eigenvalue weighted by atomic mass is 10.0. The zero-order chi connectivity index (χ0) is 11.0. The number of thiazole rings is 1. The Morgan fingerprint density at radius 3 is 2.94 bits per heavy atom. The van der Waals surface area contributed by atoms with Crippen molar-refractivity contribution in [1.29, 1.82) is 0 Å². The van der Waals surface area contributed by atoms with Gasteiger partial charge in [0.15, 0.2) is 5.13 Å². The van der Waals surface area contributed by atoms with Crippen molar-refractivity contribution in [3.63, 3.8) is 0 Å². The summed E-state index contributed by atoms with van der Waals surface area (Å²) in [5.41, 5.74) is 1.12. The summed E-state index contributed by atoms with van der Waals surface area (Å²) in [6.07, 6.45) is 2.68. The van der Waals surface area contributed by atoms with Crippen molar-refractivity contribution in [2.45, 2.75) is 25.4 Å². The molecule has 0 spiro atoms. The molecule has 4 nitrogen and oxygen atoms in total. The van der Waals surface area contributed by atoms with Crippen molar-refractivity contribution in [2.24, 2.45) is 0 Å². The Balaban J connectivity index is 1.85. The van der Waals surface area contributed by atoms with E-state index in [9.17, 15) is 5.11 Å². The zero-order valence-corrected chi connectivity index (χ0v) is 10.0. The minimum absolute atomic E-state index is 0.281. The van der Waals surface area contributed by atoms with Gasteiger partial charge in [-0.25, -0.2) is 4.98 Å². The van der Waals surface area contributed by atoms with Crippen LogP contribution >= 0.6 is 11.3 Å². The predicted molar refractivity (Wildman–Crippen MR) is 63.0 cm³/mol. The Kier molecular flexibility index (Phi) is 2.83. The monoisotopic (exact) mass is 240 g/mol. The molecule has 1 atom stereocenters. The van der Waals surface area contributed by atoms with Crippen LogP contribution in [0.25, 0.3) is 0 Å². The quantitative estimate of drug-likeness (QED) is 0.805. The van der Waals surface area contributed by atoms with Gasteiger partial charge in [-0.3, -0.25) is 0 Å². The van der Waals surface area contributed by atoms with Crippen molar-refractivity contribution in [2.75, 3.05) is 31.2 Å². The number of nitrogens with zero attached hydrogens (tertiary/aromatic N) is 2. The lowest BCUT2D eigenvalue weighted by Gasteiger charge is -2.26. The number of hydrogen-bond donors (Lipinski definition) is 1. The molecule has 2 heterocycles. The maximum atomic E-state index is 9.90. The van der Waals surface area contributed by atoms with Crippen LogP contribution in [0.4, 0.5) is 5.13 Å². The van der Waals surface area contributed by atoms with E-state index < -0.39 is 0 Å². The minimum atomic E-state index is -0.281. The van der Waals surface area contributed by atoms with Crippen molar-refractivity contribution in [3.8, 4) is 0 Å². The van der Waals surface area contributed by atoms with E-state index in [-0.39, 0.29) is 6.10 Å². The van der Waals surface area contributed by atoms with Crippen molar-refractivity contribution < 1.29 is 9.84 Å². The van der Waals surface area contributed by atoms with E-state index in [4.69, 9.17) is 4.74 Å². The maximum absolute atomic E-state index is 9.90. The Hall–Kier alpha value is -0.650. The van der Waals surface area contributed by atoms with Crippen molar-refractivity contribution in [3.05, 3.63) is 10.6 Å². The molecule has 0 bridgehead atoms. The number of morpholine rings is 1. The third kappa shape index (κ3) is 1.83. The third-order valence-electron chi connectivity index (χ3n) is 3.19. The summed E-state index contributed by atoms with van der Waals surface area (Å²) in [6.45, 7) is 3.41. The van der Waals surface area contributed by atoms with E-state index in [1.165, 1.54) is 0 Å². The highest BCUT2D eigenvalue weighted by atomic mass is 32.1.